The molecule has 3 amide bonds. The minimum absolute atomic E-state index is 0.0835. The first kappa shape index (κ1) is 17.3. The molecule has 1 aliphatic heterocycles. The number of rotatable bonds is 3. The van der Waals surface area contributed by atoms with Gasteiger partial charge in [-0.15, -0.1) is 0 Å². The second-order valence-corrected chi connectivity index (χ2v) is 6.52. The fourth-order valence-corrected chi connectivity index (χ4v) is 2.97. The molecule has 2 aromatic rings. The summed E-state index contributed by atoms with van der Waals surface area (Å²) in [6.07, 6.45) is 1.25. The van der Waals surface area contributed by atoms with E-state index in [9.17, 15) is 18.8 Å². The van der Waals surface area contributed by atoms with Crippen molar-refractivity contribution >= 4 is 45.0 Å². The number of hydrogen-bond donors (Lipinski definition) is 1. The molecule has 1 heterocycles. The monoisotopic (exact) mass is 404 g/mol. The summed E-state index contributed by atoms with van der Waals surface area (Å²) in [5.74, 6) is -1.67. The van der Waals surface area contributed by atoms with Gasteiger partial charge in [0.1, 0.15) is 5.82 Å². The molecule has 0 saturated carbocycles. The number of benzene rings is 2. The number of anilines is 2. The highest BCUT2D eigenvalue weighted by atomic mass is 79.9. The van der Waals surface area contributed by atoms with E-state index in [2.05, 4.69) is 21.2 Å². The maximum atomic E-state index is 13.8. The van der Waals surface area contributed by atoms with Crippen molar-refractivity contribution in [3.63, 3.8) is 0 Å². The van der Waals surface area contributed by atoms with Crippen LogP contribution in [0, 0.1) is 5.82 Å². The number of carbonyl (C=O) groups is 3. The third kappa shape index (κ3) is 3.76. The van der Waals surface area contributed by atoms with Crippen LogP contribution in [-0.4, -0.2) is 17.7 Å². The predicted molar refractivity (Wildman–Crippen MR) is 94.8 cm³/mol. The maximum Gasteiger partial charge on any atom is 0.258 e. The molecule has 2 aromatic carbocycles. The van der Waals surface area contributed by atoms with Crippen molar-refractivity contribution in [1.82, 2.24) is 0 Å². The van der Waals surface area contributed by atoms with Crippen LogP contribution in [0.5, 0.6) is 0 Å². The molecule has 0 aromatic heterocycles. The van der Waals surface area contributed by atoms with Crippen molar-refractivity contribution in [2.24, 2.45) is 0 Å². The van der Waals surface area contributed by atoms with Crippen molar-refractivity contribution < 1.29 is 18.8 Å². The number of halogens is 2. The molecule has 0 atom stereocenters. The summed E-state index contributed by atoms with van der Waals surface area (Å²) in [6, 6.07) is 10.4. The molecule has 1 fully saturated rings. The summed E-state index contributed by atoms with van der Waals surface area (Å²) in [5.41, 5.74) is 0.811. The lowest BCUT2D eigenvalue weighted by atomic mass is 10.1. The molecule has 1 saturated heterocycles. The quantitative estimate of drug-likeness (QED) is 0.789. The summed E-state index contributed by atoms with van der Waals surface area (Å²) >= 11 is 3.20. The van der Waals surface area contributed by atoms with Crippen LogP contribution >= 0.6 is 15.9 Å². The predicted octanol–water partition coefficient (Wildman–Crippen LogP) is 3.88. The largest absolute Gasteiger partial charge is 0.322 e. The Bertz CT molecular complexity index is 836. The molecule has 25 heavy (non-hydrogen) atoms. The van der Waals surface area contributed by atoms with Crippen molar-refractivity contribution in [2.75, 3.05) is 10.2 Å². The van der Waals surface area contributed by atoms with E-state index in [1.807, 2.05) is 0 Å². The van der Waals surface area contributed by atoms with Crippen LogP contribution in [0.1, 0.15) is 29.6 Å². The van der Waals surface area contributed by atoms with Gasteiger partial charge in [-0.2, -0.15) is 0 Å². The Morgan fingerprint density at radius 3 is 2.32 bits per heavy atom. The molecule has 1 aliphatic rings. The van der Waals surface area contributed by atoms with Gasteiger partial charge >= 0.3 is 0 Å². The van der Waals surface area contributed by atoms with Crippen molar-refractivity contribution in [3.05, 3.63) is 58.3 Å². The SMILES string of the molecule is O=C(Nc1ccc(N2C(=O)CCCC2=O)cc1)c1cc(Br)ccc1F. The van der Waals surface area contributed by atoms with Crippen LogP contribution in [0.15, 0.2) is 46.9 Å². The Kier molecular flexibility index (Phi) is 4.94. The number of carbonyl (C=O) groups excluding carboxylic acids is 3. The molecule has 0 bridgehead atoms. The first-order valence-electron chi connectivity index (χ1n) is 7.68. The third-order valence-electron chi connectivity index (χ3n) is 3.84. The van der Waals surface area contributed by atoms with Crippen LogP contribution in [-0.2, 0) is 9.59 Å². The Morgan fingerprint density at radius 2 is 1.68 bits per heavy atom. The highest BCUT2D eigenvalue weighted by molar-refractivity contribution is 9.10. The van der Waals surface area contributed by atoms with Crippen LogP contribution < -0.4 is 10.2 Å². The Labute approximate surface area is 151 Å². The summed E-state index contributed by atoms with van der Waals surface area (Å²) < 4.78 is 14.3. The van der Waals surface area contributed by atoms with Crippen molar-refractivity contribution in [1.29, 1.82) is 0 Å². The van der Waals surface area contributed by atoms with E-state index >= 15 is 0 Å². The average Bonchev–Trinajstić information content (AvgIpc) is 2.58. The summed E-state index contributed by atoms with van der Waals surface area (Å²) in [4.78, 5) is 37.2. The number of piperidine rings is 1. The van der Waals surface area contributed by atoms with E-state index in [1.165, 1.54) is 18.2 Å². The van der Waals surface area contributed by atoms with Gasteiger partial charge in [0.05, 0.1) is 11.3 Å². The van der Waals surface area contributed by atoms with E-state index in [4.69, 9.17) is 0 Å². The number of amides is 3. The number of nitrogens with zero attached hydrogens (tertiary/aromatic N) is 1. The van der Waals surface area contributed by atoms with E-state index in [0.29, 0.717) is 35.1 Å². The number of imide groups is 1. The van der Waals surface area contributed by atoms with Gasteiger partial charge in [-0.3, -0.25) is 19.3 Å². The Hall–Kier alpha value is -2.54. The molecule has 0 spiro atoms. The lowest BCUT2D eigenvalue weighted by molar-refractivity contribution is -0.129. The normalized spacial score (nSPS) is 14.6. The van der Waals surface area contributed by atoms with Crippen molar-refractivity contribution in [3.8, 4) is 0 Å². The molecule has 0 unspecified atom stereocenters. The minimum Gasteiger partial charge on any atom is -0.322 e. The van der Waals surface area contributed by atoms with Crippen LogP contribution in [0.4, 0.5) is 15.8 Å². The molecule has 128 valence electrons. The zero-order valence-corrected chi connectivity index (χ0v) is 14.7. The van der Waals surface area contributed by atoms with Crippen LogP contribution in [0.2, 0.25) is 0 Å². The van der Waals surface area contributed by atoms with Gasteiger partial charge in [-0.1, -0.05) is 15.9 Å². The highest BCUT2D eigenvalue weighted by Crippen LogP contribution is 2.24. The topological polar surface area (TPSA) is 66.5 Å². The molecule has 0 radical (unpaired) electrons. The Balaban J connectivity index is 1.76. The van der Waals surface area contributed by atoms with Crippen LogP contribution in [0.3, 0.4) is 0 Å². The van der Waals surface area contributed by atoms with E-state index in [1.54, 1.807) is 24.3 Å². The smallest absolute Gasteiger partial charge is 0.258 e. The second kappa shape index (κ2) is 7.14. The molecule has 1 N–H and O–H groups in total. The first-order valence-corrected chi connectivity index (χ1v) is 8.47. The first-order chi connectivity index (χ1) is 12.0. The van der Waals surface area contributed by atoms with Crippen molar-refractivity contribution in [2.45, 2.75) is 19.3 Å². The van der Waals surface area contributed by atoms with Gasteiger partial charge in [0, 0.05) is 23.0 Å². The molecule has 7 heteroatoms. The molecular weight excluding hydrogens is 391 g/mol. The minimum atomic E-state index is -0.623. The lowest BCUT2D eigenvalue weighted by Crippen LogP contribution is -2.40. The highest BCUT2D eigenvalue weighted by Gasteiger charge is 2.27. The fraction of sp³-hybridized carbons (Fsp3) is 0.167. The molecular formula is C18H14BrFN2O3. The molecule has 0 aliphatic carbocycles. The second-order valence-electron chi connectivity index (χ2n) is 5.60. The van der Waals surface area contributed by atoms with Gasteiger partial charge < -0.3 is 5.32 Å². The third-order valence-corrected chi connectivity index (χ3v) is 4.33. The fourth-order valence-electron chi connectivity index (χ4n) is 2.61. The van der Waals surface area contributed by atoms with E-state index in [-0.39, 0.29) is 17.4 Å². The average molecular weight is 405 g/mol. The zero-order chi connectivity index (χ0) is 18.0. The molecule has 3 rings (SSSR count). The van der Waals surface area contributed by atoms with Crippen LogP contribution in [0.25, 0.3) is 0 Å². The van der Waals surface area contributed by atoms with E-state index in [0.717, 1.165) is 4.90 Å². The van der Waals surface area contributed by atoms with Gasteiger partial charge in [0.15, 0.2) is 0 Å². The van der Waals surface area contributed by atoms with Gasteiger partial charge in [0.25, 0.3) is 5.91 Å². The zero-order valence-electron chi connectivity index (χ0n) is 13.1. The Morgan fingerprint density at radius 1 is 1.04 bits per heavy atom. The van der Waals surface area contributed by atoms with Gasteiger partial charge in [-0.25, -0.2) is 4.39 Å². The summed E-state index contributed by atoms with van der Waals surface area (Å²) in [6.45, 7) is 0. The lowest BCUT2D eigenvalue weighted by Gasteiger charge is -2.24. The number of hydrogen-bond acceptors (Lipinski definition) is 3. The van der Waals surface area contributed by atoms with Gasteiger partial charge in [0.2, 0.25) is 11.8 Å². The van der Waals surface area contributed by atoms with Gasteiger partial charge in [-0.05, 0) is 48.9 Å². The molecule has 5 nitrogen and oxygen atoms in total. The standard InChI is InChI=1S/C18H14BrFN2O3/c19-11-4-9-15(20)14(10-11)18(25)21-12-5-7-13(8-6-12)22-16(23)2-1-3-17(22)24/h4-10H,1-3H2,(H,21,25). The number of nitrogens with one attached hydrogen (secondary N) is 1. The van der Waals surface area contributed by atoms with E-state index < -0.39 is 11.7 Å². The summed E-state index contributed by atoms with van der Waals surface area (Å²) in [5, 5.41) is 2.59. The maximum absolute atomic E-state index is 13.8. The summed E-state index contributed by atoms with van der Waals surface area (Å²) in [7, 11) is 0.